The number of methoxy groups -OCH3 is 1. The highest BCUT2D eigenvalue weighted by atomic mass is 79.9. The minimum Gasteiger partial charge on any atom is -0.486 e. The van der Waals surface area contributed by atoms with Crippen molar-refractivity contribution < 1.29 is 4.74 Å². The summed E-state index contributed by atoms with van der Waals surface area (Å²) in [5.74, 6) is 0.766. The molecule has 0 atom stereocenters. The Hall–Kier alpha value is -0.0600. The summed E-state index contributed by atoms with van der Waals surface area (Å²) in [4.78, 5) is 1.31. The number of rotatable bonds is 6. The van der Waals surface area contributed by atoms with Gasteiger partial charge in [-0.05, 0) is 40.9 Å². The van der Waals surface area contributed by atoms with E-state index in [1.54, 1.807) is 18.4 Å². The summed E-state index contributed by atoms with van der Waals surface area (Å²) in [6.45, 7) is 6.49. The maximum atomic E-state index is 5.21. The maximum absolute atomic E-state index is 5.21. The van der Waals surface area contributed by atoms with Crippen LogP contribution in [0.4, 0.5) is 0 Å². The molecular weight excluding hydrogens is 274 g/mol. The molecule has 0 fully saturated rings. The van der Waals surface area contributed by atoms with Crippen LogP contribution in [0.15, 0.2) is 10.5 Å². The molecule has 0 bridgehead atoms. The predicted molar refractivity (Wildman–Crippen MR) is 69.7 cm³/mol. The number of halogens is 1. The molecule has 0 aliphatic carbocycles. The van der Waals surface area contributed by atoms with Gasteiger partial charge in [0.15, 0.2) is 5.06 Å². The highest BCUT2D eigenvalue weighted by Crippen LogP contribution is 2.34. The average molecular weight is 292 g/mol. The highest BCUT2D eigenvalue weighted by molar-refractivity contribution is 9.10. The van der Waals surface area contributed by atoms with Gasteiger partial charge in [0.1, 0.15) is 0 Å². The lowest BCUT2D eigenvalue weighted by Crippen LogP contribution is -2.15. The SMILES string of the molecule is COc1sc(CNCCC(C)C)cc1Br. The van der Waals surface area contributed by atoms with Crippen molar-refractivity contribution in [3.05, 3.63) is 15.4 Å². The van der Waals surface area contributed by atoms with Crippen molar-refractivity contribution in [3.8, 4) is 5.06 Å². The second-order valence-electron chi connectivity index (χ2n) is 3.91. The zero-order chi connectivity index (χ0) is 11.3. The third kappa shape index (κ3) is 4.53. The molecule has 0 amide bonds. The molecule has 1 heterocycles. The zero-order valence-corrected chi connectivity index (χ0v) is 11.9. The van der Waals surface area contributed by atoms with Gasteiger partial charge in [-0.3, -0.25) is 0 Å². The lowest BCUT2D eigenvalue weighted by Gasteiger charge is -2.05. The third-order valence-corrected chi connectivity index (χ3v) is 4.04. The molecular formula is C11H18BrNOS. The molecule has 15 heavy (non-hydrogen) atoms. The van der Waals surface area contributed by atoms with Crippen molar-refractivity contribution in [3.63, 3.8) is 0 Å². The van der Waals surface area contributed by atoms with E-state index in [1.165, 1.54) is 11.3 Å². The molecule has 0 saturated heterocycles. The fourth-order valence-corrected chi connectivity index (χ4v) is 2.89. The Kier molecular flexibility index (Phi) is 5.64. The molecule has 2 nitrogen and oxygen atoms in total. The summed E-state index contributed by atoms with van der Waals surface area (Å²) in [6, 6.07) is 2.12. The first kappa shape index (κ1) is 13.0. The molecule has 0 unspecified atom stereocenters. The molecule has 0 aromatic carbocycles. The Morgan fingerprint density at radius 2 is 2.27 bits per heavy atom. The smallest absolute Gasteiger partial charge is 0.188 e. The summed E-state index contributed by atoms with van der Waals surface area (Å²) in [6.07, 6.45) is 1.23. The fraction of sp³-hybridized carbons (Fsp3) is 0.636. The fourth-order valence-electron chi connectivity index (χ4n) is 1.23. The van der Waals surface area contributed by atoms with Crippen molar-refractivity contribution in [2.45, 2.75) is 26.8 Å². The van der Waals surface area contributed by atoms with Crippen molar-refractivity contribution in [2.75, 3.05) is 13.7 Å². The number of hydrogen-bond acceptors (Lipinski definition) is 3. The second-order valence-corrected chi connectivity index (χ2v) is 5.87. The molecule has 1 rings (SSSR count). The second kappa shape index (κ2) is 6.51. The molecule has 86 valence electrons. The van der Waals surface area contributed by atoms with E-state index < -0.39 is 0 Å². The van der Waals surface area contributed by atoms with Gasteiger partial charge in [0.05, 0.1) is 11.6 Å². The van der Waals surface area contributed by atoms with Crippen LogP contribution in [-0.2, 0) is 6.54 Å². The van der Waals surface area contributed by atoms with Crippen LogP contribution in [0, 0.1) is 5.92 Å². The van der Waals surface area contributed by atoms with Crippen molar-refractivity contribution in [1.29, 1.82) is 0 Å². The van der Waals surface area contributed by atoms with Crippen LogP contribution in [0.1, 0.15) is 25.1 Å². The number of thiophene rings is 1. The molecule has 0 aliphatic heterocycles. The Bertz CT molecular complexity index is 299. The molecule has 0 radical (unpaired) electrons. The standard InChI is InChI=1S/C11H18BrNOS/c1-8(2)4-5-13-7-9-6-10(12)11(14-3)15-9/h6,8,13H,4-5,7H2,1-3H3. The summed E-state index contributed by atoms with van der Waals surface area (Å²) in [5.41, 5.74) is 0. The van der Waals surface area contributed by atoms with Gasteiger partial charge in [0, 0.05) is 11.4 Å². The van der Waals surface area contributed by atoms with E-state index in [-0.39, 0.29) is 0 Å². The van der Waals surface area contributed by atoms with Crippen LogP contribution in [0.3, 0.4) is 0 Å². The van der Waals surface area contributed by atoms with E-state index in [0.717, 1.165) is 28.5 Å². The van der Waals surface area contributed by atoms with Gasteiger partial charge in [-0.25, -0.2) is 0 Å². The number of nitrogens with one attached hydrogen (secondary N) is 1. The van der Waals surface area contributed by atoms with E-state index in [1.807, 2.05) is 0 Å². The van der Waals surface area contributed by atoms with E-state index in [4.69, 9.17) is 4.74 Å². The zero-order valence-electron chi connectivity index (χ0n) is 9.47. The topological polar surface area (TPSA) is 21.3 Å². The lowest BCUT2D eigenvalue weighted by atomic mass is 10.1. The molecule has 1 aromatic heterocycles. The minimum absolute atomic E-state index is 0.766. The predicted octanol–water partition coefficient (Wildman–Crippen LogP) is 3.65. The monoisotopic (exact) mass is 291 g/mol. The number of ether oxygens (including phenoxy) is 1. The van der Waals surface area contributed by atoms with E-state index in [0.29, 0.717) is 0 Å². The minimum atomic E-state index is 0.766. The van der Waals surface area contributed by atoms with Crippen LogP contribution in [0.25, 0.3) is 0 Å². The van der Waals surface area contributed by atoms with Gasteiger partial charge in [-0.2, -0.15) is 0 Å². The molecule has 0 aliphatic rings. The summed E-state index contributed by atoms with van der Waals surface area (Å²) in [5, 5.41) is 4.39. The molecule has 1 aromatic rings. The lowest BCUT2D eigenvalue weighted by molar-refractivity contribution is 0.425. The van der Waals surface area contributed by atoms with Crippen molar-refractivity contribution in [1.82, 2.24) is 5.32 Å². The summed E-state index contributed by atoms with van der Waals surface area (Å²) in [7, 11) is 1.70. The summed E-state index contributed by atoms with van der Waals surface area (Å²) < 4.78 is 6.27. The Labute approximate surface area is 104 Å². The van der Waals surface area contributed by atoms with E-state index in [9.17, 15) is 0 Å². The normalized spacial score (nSPS) is 11.0. The maximum Gasteiger partial charge on any atom is 0.188 e. The molecule has 1 N–H and O–H groups in total. The van der Waals surface area contributed by atoms with Gasteiger partial charge in [-0.1, -0.05) is 13.8 Å². The Morgan fingerprint density at radius 1 is 1.53 bits per heavy atom. The quantitative estimate of drug-likeness (QED) is 0.808. The van der Waals surface area contributed by atoms with Crippen LogP contribution in [-0.4, -0.2) is 13.7 Å². The molecule has 0 saturated carbocycles. The summed E-state index contributed by atoms with van der Waals surface area (Å²) >= 11 is 5.15. The number of hydrogen-bond donors (Lipinski definition) is 1. The Balaban J connectivity index is 2.31. The van der Waals surface area contributed by atoms with Gasteiger partial charge in [0.2, 0.25) is 0 Å². The van der Waals surface area contributed by atoms with Crippen LogP contribution in [0.2, 0.25) is 0 Å². The van der Waals surface area contributed by atoms with Gasteiger partial charge in [0.25, 0.3) is 0 Å². The third-order valence-electron chi connectivity index (χ3n) is 2.09. The van der Waals surface area contributed by atoms with Gasteiger partial charge in [-0.15, -0.1) is 11.3 Å². The van der Waals surface area contributed by atoms with Crippen molar-refractivity contribution in [2.24, 2.45) is 5.92 Å². The van der Waals surface area contributed by atoms with E-state index in [2.05, 4.69) is 41.2 Å². The van der Waals surface area contributed by atoms with Crippen LogP contribution >= 0.6 is 27.3 Å². The average Bonchev–Trinajstić information content (AvgIpc) is 2.53. The van der Waals surface area contributed by atoms with Crippen LogP contribution < -0.4 is 10.1 Å². The first-order chi connectivity index (χ1) is 7.13. The largest absolute Gasteiger partial charge is 0.486 e. The van der Waals surface area contributed by atoms with E-state index >= 15 is 0 Å². The Morgan fingerprint density at radius 3 is 2.80 bits per heavy atom. The first-order valence-corrected chi connectivity index (χ1v) is 6.77. The van der Waals surface area contributed by atoms with Crippen molar-refractivity contribution >= 4 is 27.3 Å². The molecule has 4 heteroatoms. The highest BCUT2D eigenvalue weighted by Gasteiger charge is 2.06. The molecule has 0 spiro atoms. The van der Waals surface area contributed by atoms with Gasteiger partial charge >= 0.3 is 0 Å². The van der Waals surface area contributed by atoms with Gasteiger partial charge < -0.3 is 10.1 Å². The van der Waals surface area contributed by atoms with Crippen LogP contribution in [0.5, 0.6) is 5.06 Å². The first-order valence-electron chi connectivity index (χ1n) is 5.16.